The van der Waals surface area contributed by atoms with Crippen molar-refractivity contribution in [3.8, 4) is 0 Å². The van der Waals surface area contributed by atoms with Gasteiger partial charge in [0, 0.05) is 16.7 Å². The van der Waals surface area contributed by atoms with Crippen LogP contribution in [0.25, 0.3) is 0 Å². The van der Waals surface area contributed by atoms with Crippen molar-refractivity contribution in [1.82, 2.24) is 5.32 Å². The highest BCUT2D eigenvalue weighted by Crippen LogP contribution is 2.22. The second-order valence-corrected chi connectivity index (χ2v) is 5.93. The molecule has 0 aliphatic carbocycles. The Labute approximate surface area is 130 Å². The molecular weight excluding hydrogens is 316 g/mol. The van der Waals surface area contributed by atoms with Gasteiger partial charge in [-0.3, -0.25) is 4.79 Å². The first kappa shape index (κ1) is 17.0. The Hall–Kier alpha value is -1.03. The van der Waals surface area contributed by atoms with E-state index in [0.717, 1.165) is 36.0 Å². The maximum absolute atomic E-state index is 12.0. The molecule has 0 spiro atoms. The summed E-state index contributed by atoms with van der Waals surface area (Å²) in [5.74, 6) is 0.0612. The van der Waals surface area contributed by atoms with Crippen LogP contribution < -0.4 is 10.6 Å². The van der Waals surface area contributed by atoms with Crippen LogP contribution in [0, 0.1) is 0 Å². The minimum absolute atomic E-state index is 0.0612. The molecule has 1 aromatic carbocycles. The molecule has 0 aliphatic rings. The van der Waals surface area contributed by atoms with E-state index in [2.05, 4.69) is 46.5 Å². The van der Waals surface area contributed by atoms with Crippen LogP contribution in [0.3, 0.4) is 0 Å². The van der Waals surface area contributed by atoms with Crippen molar-refractivity contribution in [3.63, 3.8) is 0 Å². The lowest BCUT2D eigenvalue weighted by atomic mass is 10.1. The Morgan fingerprint density at radius 1 is 1.30 bits per heavy atom. The minimum atomic E-state index is -0.219. The molecule has 0 bridgehead atoms. The zero-order chi connectivity index (χ0) is 15.0. The van der Waals surface area contributed by atoms with Gasteiger partial charge >= 0.3 is 0 Å². The van der Waals surface area contributed by atoms with Gasteiger partial charge in [0.15, 0.2) is 0 Å². The molecule has 0 saturated heterocycles. The number of carbonyl (C=O) groups is 1. The van der Waals surface area contributed by atoms with Gasteiger partial charge in [-0.2, -0.15) is 0 Å². The van der Waals surface area contributed by atoms with Crippen LogP contribution >= 0.6 is 15.9 Å². The van der Waals surface area contributed by atoms with Crippen LogP contribution in [0.1, 0.15) is 45.6 Å². The quantitative estimate of drug-likeness (QED) is 0.699. The fourth-order valence-corrected chi connectivity index (χ4v) is 2.44. The first-order valence-corrected chi connectivity index (χ1v) is 8.20. The van der Waals surface area contributed by atoms with Gasteiger partial charge < -0.3 is 10.6 Å². The predicted octanol–water partition coefficient (Wildman–Crippen LogP) is 4.12. The van der Waals surface area contributed by atoms with Gasteiger partial charge in [0.2, 0.25) is 5.91 Å². The summed E-state index contributed by atoms with van der Waals surface area (Å²) in [7, 11) is 0. The molecule has 3 nitrogen and oxygen atoms in total. The number of nitrogens with one attached hydrogen (secondary N) is 2. The van der Waals surface area contributed by atoms with Crippen molar-refractivity contribution in [2.45, 2.75) is 52.5 Å². The second-order valence-electron chi connectivity index (χ2n) is 5.02. The topological polar surface area (TPSA) is 41.1 Å². The Morgan fingerprint density at radius 2 is 2.05 bits per heavy atom. The monoisotopic (exact) mass is 340 g/mol. The van der Waals surface area contributed by atoms with E-state index in [1.807, 2.05) is 19.1 Å². The van der Waals surface area contributed by atoms with E-state index in [-0.39, 0.29) is 11.9 Å². The fourth-order valence-electron chi connectivity index (χ4n) is 2.03. The van der Waals surface area contributed by atoms with Gasteiger partial charge in [-0.1, -0.05) is 42.6 Å². The predicted molar refractivity (Wildman–Crippen MR) is 89.1 cm³/mol. The number of anilines is 1. The third-order valence-corrected chi connectivity index (χ3v) is 3.79. The van der Waals surface area contributed by atoms with Crippen LogP contribution in [0.15, 0.2) is 22.7 Å². The number of benzene rings is 1. The molecule has 1 rings (SSSR count). The summed E-state index contributed by atoms with van der Waals surface area (Å²) in [4.78, 5) is 12.0. The third-order valence-electron chi connectivity index (χ3n) is 3.29. The maximum Gasteiger partial charge on any atom is 0.242 e. The minimum Gasteiger partial charge on any atom is -0.374 e. The van der Waals surface area contributed by atoms with E-state index in [1.165, 1.54) is 12.0 Å². The molecule has 0 fully saturated rings. The lowest BCUT2D eigenvalue weighted by Crippen LogP contribution is -2.38. The number of aryl methyl sites for hydroxylation is 1. The first-order valence-electron chi connectivity index (χ1n) is 7.41. The summed E-state index contributed by atoms with van der Waals surface area (Å²) in [5, 5.41) is 6.27. The number of hydrogen-bond acceptors (Lipinski definition) is 2. The van der Waals surface area contributed by atoms with E-state index in [0.29, 0.717) is 0 Å². The molecule has 1 amide bonds. The molecule has 112 valence electrons. The van der Waals surface area contributed by atoms with Gasteiger partial charge in [0.05, 0.1) is 0 Å². The number of unbranched alkanes of at least 4 members (excludes halogenated alkanes) is 2. The normalized spacial score (nSPS) is 12.0. The highest BCUT2D eigenvalue weighted by Gasteiger charge is 2.13. The molecule has 0 radical (unpaired) electrons. The molecule has 1 aromatic rings. The molecule has 0 saturated carbocycles. The van der Waals surface area contributed by atoms with Crippen LogP contribution in [0.5, 0.6) is 0 Å². The molecule has 1 atom stereocenters. The van der Waals surface area contributed by atoms with E-state index >= 15 is 0 Å². The van der Waals surface area contributed by atoms with Gasteiger partial charge in [0.25, 0.3) is 0 Å². The number of hydrogen-bond donors (Lipinski definition) is 2. The molecule has 1 unspecified atom stereocenters. The fraction of sp³-hybridized carbons (Fsp3) is 0.562. The molecule has 20 heavy (non-hydrogen) atoms. The number of rotatable bonds is 8. The number of amides is 1. The Bertz CT molecular complexity index is 434. The zero-order valence-electron chi connectivity index (χ0n) is 12.6. The van der Waals surface area contributed by atoms with Crippen molar-refractivity contribution >= 4 is 27.5 Å². The van der Waals surface area contributed by atoms with E-state index in [4.69, 9.17) is 0 Å². The van der Waals surface area contributed by atoms with Gasteiger partial charge in [0.1, 0.15) is 6.04 Å². The summed E-state index contributed by atoms with van der Waals surface area (Å²) in [6, 6.07) is 5.88. The lowest BCUT2D eigenvalue weighted by molar-refractivity contribution is -0.121. The number of carbonyl (C=O) groups excluding carboxylic acids is 1. The maximum atomic E-state index is 12.0. The average molecular weight is 341 g/mol. The summed E-state index contributed by atoms with van der Waals surface area (Å²) < 4.78 is 1.07. The Morgan fingerprint density at radius 3 is 2.70 bits per heavy atom. The molecule has 4 heteroatoms. The molecule has 2 N–H and O–H groups in total. The second kappa shape index (κ2) is 9.01. The lowest BCUT2D eigenvalue weighted by Gasteiger charge is -2.18. The SMILES string of the molecule is CCCCCNC(=O)C(C)Nc1ccc(Br)cc1CC. The summed E-state index contributed by atoms with van der Waals surface area (Å²) >= 11 is 3.47. The van der Waals surface area contributed by atoms with Crippen molar-refractivity contribution in [2.75, 3.05) is 11.9 Å². The largest absolute Gasteiger partial charge is 0.374 e. The summed E-state index contributed by atoms with van der Waals surface area (Å²) in [5.41, 5.74) is 2.25. The van der Waals surface area contributed by atoms with Crippen molar-refractivity contribution < 1.29 is 4.79 Å². The van der Waals surface area contributed by atoms with Gasteiger partial charge in [-0.25, -0.2) is 0 Å². The van der Waals surface area contributed by atoms with Crippen molar-refractivity contribution in [2.24, 2.45) is 0 Å². The van der Waals surface area contributed by atoms with Crippen molar-refractivity contribution in [3.05, 3.63) is 28.2 Å². The highest BCUT2D eigenvalue weighted by atomic mass is 79.9. The van der Waals surface area contributed by atoms with Gasteiger partial charge in [-0.05, 0) is 43.5 Å². The molecular formula is C16H25BrN2O. The summed E-state index contributed by atoms with van der Waals surface area (Å²) in [6.07, 6.45) is 4.32. The van der Waals surface area contributed by atoms with E-state index in [9.17, 15) is 4.79 Å². The van der Waals surface area contributed by atoms with Crippen molar-refractivity contribution in [1.29, 1.82) is 0 Å². The van der Waals surface area contributed by atoms with E-state index < -0.39 is 0 Å². The Kier molecular flexibility index (Phi) is 7.67. The third kappa shape index (κ3) is 5.53. The highest BCUT2D eigenvalue weighted by molar-refractivity contribution is 9.10. The molecule has 0 heterocycles. The molecule has 0 aliphatic heterocycles. The number of halogens is 1. The Balaban J connectivity index is 2.52. The van der Waals surface area contributed by atoms with Crippen LogP contribution in [0.4, 0.5) is 5.69 Å². The average Bonchev–Trinajstić information content (AvgIpc) is 2.45. The smallest absolute Gasteiger partial charge is 0.242 e. The first-order chi connectivity index (χ1) is 9.58. The van der Waals surface area contributed by atoms with Crippen LogP contribution in [0.2, 0.25) is 0 Å². The standard InChI is InChI=1S/C16H25BrN2O/c1-4-6-7-10-18-16(20)12(3)19-15-9-8-14(17)11-13(15)5-2/h8-9,11-12,19H,4-7,10H2,1-3H3,(H,18,20). The molecule has 0 aromatic heterocycles. The van der Waals surface area contributed by atoms with E-state index in [1.54, 1.807) is 0 Å². The van der Waals surface area contributed by atoms with Crippen LogP contribution in [-0.4, -0.2) is 18.5 Å². The zero-order valence-corrected chi connectivity index (χ0v) is 14.2. The van der Waals surface area contributed by atoms with Gasteiger partial charge in [-0.15, -0.1) is 0 Å². The summed E-state index contributed by atoms with van der Waals surface area (Å²) in [6.45, 7) is 6.94. The van der Waals surface area contributed by atoms with Crippen LogP contribution in [-0.2, 0) is 11.2 Å².